The van der Waals surface area contributed by atoms with Crippen LogP contribution in [0.3, 0.4) is 0 Å². The van der Waals surface area contributed by atoms with E-state index in [1.54, 1.807) is 39.2 Å². The lowest BCUT2D eigenvalue weighted by Gasteiger charge is -2.20. The summed E-state index contributed by atoms with van der Waals surface area (Å²) >= 11 is 1.43. The molecule has 1 unspecified atom stereocenters. The van der Waals surface area contributed by atoms with Crippen LogP contribution in [0.1, 0.15) is 30.1 Å². The van der Waals surface area contributed by atoms with Gasteiger partial charge in [0.1, 0.15) is 11.1 Å². The Balaban J connectivity index is 2.32. The van der Waals surface area contributed by atoms with E-state index in [1.165, 1.54) is 16.2 Å². The number of thiazole rings is 1. The van der Waals surface area contributed by atoms with Gasteiger partial charge in [-0.2, -0.15) is 5.26 Å². The summed E-state index contributed by atoms with van der Waals surface area (Å²) < 4.78 is 11.5. The molecule has 0 aliphatic carbocycles. The van der Waals surface area contributed by atoms with E-state index in [2.05, 4.69) is 11.1 Å². The highest BCUT2D eigenvalue weighted by Crippen LogP contribution is 2.31. The van der Waals surface area contributed by atoms with Gasteiger partial charge in [-0.25, -0.2) is 4.98 Å². The number of allylic oxidation sites excluding steroid dienone is 1. The second kappa shape index (κ2) is 9.19. The summed E-state index contributed by atoms with van der Waals surface area (Å²) in [5.41, 5.74) is 2.16. The molecule has 7 heteroatoms. The molecule has 1 aromatic heterocycles. The Hall–Kier alpha value is -2.85. The number of aryl methyl sites for hydroxylation is 1. The van der Waals surface area contributed by atoms with Crippen LogP contribution in [0, 0.1) is 18.3 Å². The van der Waals surface area contributed by atoms with Crippen molar-refractivity contribution in [3.63, 3.8) is 0 Å². The third-order valence-electron chi connectivity index (χ3n) is 3.64. The summed E-state index contributed by atoms with van der Waals surface area (Å²) in [7, 11) is 3.37. The minimum atomic E-state index is -0.631. The Labute approximate surface area is 163 Å². The summed E-state index contributed by atoms with van der Waals surface area (Å²) in [6.07, 6.45) is 1.13. The predicted octanol–water partition coefficient (Wildman–Crippen LogP) is 3.77. The van der Waals surface area contributed by atoms with Crippen molar-refractivity contribution in [2.24, 2.45) is 0 Å². The summed E-state index contributed by atoms with van der Waals surface area (Å²) in [5, 5.41) is 12.0. The van der Waals surface area contributed by atoms with Crippen molar-refractivity contribution >= 4 is 28.9 Å². The molecule has 2 rings (SSSR count). The predicted molar refractivity (Wildman–Crippen MR) is 107 cm³/mol. The van der Waals surface area contributed by atoms with E-state index < -0.39 is 6.10 Å². The standard InChI is InChI=1S/C20H23N3O3S/c1-6-25-18-10-15(9-16(11-21)19-22-13(2)12-27-19)7-8-17(18)26-14(3)20(24)23(4)5/h7-10,12,14H,6H2,1-5H3/b16-9+. The maximum absolute atomic E-state index is 12.0. The van der Waals surface area contributed by atoms with Gasteiger partial charge in [0.25, 0.3) is 5.91 Å². The molecule has 1 atom stereocenters. The van der Waals surface area contributed by atoms with E-state index in [4.69, 9.17) is 9.47 Å². The number of amides is 1. The molecule has 2 aromatic rings. The lowest BCUT2D eigenvalue weighted by atomic mass is 10.1. The van der Waals surface area contributed by atoms with Crippen LogP contribution in [0.25, 0.3) is 11.6 Å². The zero-order chi connectivity index (χ0) is 20.0. The minimum Gasteiger partial charge on any atom is -0.490 e. The Morgan fingerprint density at radius 3 is 2.70 bits per heavy atom. The topological polar surface area (TPSA) is 75.5 Å². The lowest BCUT2D eigenvalue weighted by molar-refractivity contribution is -0.135. The largest absolute Gasteiger partial charge is 0.490 e. The van der Waals surface area contributed by atoms with Crippen LogP contribution < -0.4 is 9.47 Å². The molecule has 0 bridgehead atoms. The van der Waals surface area contributed by atoms with E-state index in [-0.39, 0.29) is 5.91 Å². The molecule has 0 radical (unpaired) electrons. The van der Waals surface area contributed by atoms with Crippen molar-refractivity contribution < 1.29 is 14.3 Å². The van der Waals surface area contributed by atoms with Crippen LogP contribution in [0.4, 0.5) is 0 Å². The number of benzene rings is 1. The number of rotatable bonds is 7. The molecule has 0 fully saturated rings. The van der Waals surface area contributed by atoms with Gasteiger partial charge < -0.3 is 14.4 Å². The second-order valence-electron chi connectivity index (χ2n) is 6.10. The number of nitriles is 1. The van der Waals surface area contributed by atoms with Gasteiger partial charge >= 0.3 is 0 Å². The van der Waals surface area contributed by atoms with Gasteiger partial charge in [-0.3, -0.25) is 4.79 Å². The summed E-state index contributed by atoms with van der Waals surface area (Å²) in [6.45, 7) is 5.92. The fourth-order valence-electron chi connectivity index (χ4n) is 2.37. The van der Waals surface area contributed by atoms with E-state index >= 15 is 0 Å². The van der Waals surface area contributed by atoms with Crippen molar-refractivity contribution in [2.45, 2.75) is 26.9 Å². The fraction of sp³-hybridized carbons (Fsp3) is 0.350. The molecular formula is C20H23N3O3S. The highest BCUT2D eigenvalue weighted by atomic mass is 32.1. The van der Waals surface area contributed by atoms with E-state index in [9.17, 15) is 10.1 Å². The normalized spacial score (nSPS) is 12.2. The first-order valence-corrected chi connectivity index (χ1v) is 9.42. The lowest BCUT2D eigenvalue weighted by Crippen LogP contribution is -2.35. The van der Waals surface area contributed by atoms with Crippen LogP contribution >= 0.6 is 11.3 Å². The molecular weight excluding hydrogens is 362 g/mol. The van der Waals surface area contributed by atoms with Crippen molar-refractivity contribution in [3.05, 3.63) is 39.8 Å². The molecule has 0 N–H and O–H groups in total. The summed E-state index contributed by atoms with van der Waals surface area (Å²) in [6, 6.07) is 7.56. The number of carbonyl (C=O) groups is 1. The van der Waals surface area contributed by atoms with E-state index in [0.717, 1.165) is 11.3 Å². The van der Waals surface area contributed by atoms with Gasteiger partial charge in [0.05, 0.1) is 12.2 Å². The highest BCUT2D eigenvalue weighted by Gasteiger charge is 2.19. The molecule has 0 saturated heterocycles. The first-order valence-electron chi connectivity index (χ1n) is 8.54. The summed E-state index contributed by atoms with van der Waals surface area (Å²) in [4.78, 5) is 17.9. The molecule has 1 heterocycles. The Morgan fingerprint density at radius 1 is 1.41 bits per heavy atom. The van der Waals surface area contributed by atoms with Gasteiger partial charge in [0.15, 0.2) is 17.6 Å². The second-order valence-corrected chi connectivity index (χ2v) is 6.95. The summed E-state index contributed by atoms with van der Waals surface area (Å²) in [5.74, 6) is 0.880. The third kappa shape index (κ3) is 5.31. The number of hydrogen-bond acceptors (Lipinski definition) is 6. The molecule has 6 nitrogen and oxygen atoms in total. The molecule has 0 aliphatic heterocycles. The van der Waals surface area contributed by atoms with Gasteiger partial charge in [0, 0.05) is 25.2 Å². The number of hydrogen-bond donors (Lipinski definition) is 0. The average Bonchev–Trinajstić information content (AvgIpc) is 3.07. The van der Waals surface area contributed by atoms with Crippen molar-refractivity contribution in [3.8, 4) is 17.6 Å². The Morgan fingerprint density at radius 2 is 2.15 bits per heavy atom. The first-order chi connectivity index (χ1) is 12.8. The number of nitrogens with zero attached hydrogens (tertiary/aromatic N) is 3. The van der Waals surface area contributed by atoms with Crippen molar-refractivity contribution in [2.75, 3.05) is 20.7 Å². The van der Waals surface area contributed by atoms with Crippen LogP contribution in [0.5, 0.6) is 11.5 Å². The maximum atomic E-state index is 12.0. The molecule has 0 aliphatic rings. The monoisotopic (exact) mass is 385 g/mol. The zero-order valence-electron chi connectivity index (χ0n) is 16.1. The molecule has 0 spiro atoms. The van der Waals surface area contributed by atoms with Gasteiger partial charge in [-0.15, -0.1) is 11.3 Å². The smallest absolute Gasteiger partial charge is 0.262 e. The Bertz CT molecular complexity index is 881. The maximum Gasteiger partial charge on any atom is 0.262 e. The van der Waals surface area contributed by atoms with Crippen LogP contribution in [0.15, 0.2) is 23.6 Å². The fourth-order valence-corrected chi connectivity index (χ4v) is 3.13. The zero-order valence-corrected chi connectivity index (χ0v) is 17.0. The molecule has 1 aromatic carbocycles. The van der Waals surface area contributed by atoms with E-state index in [1.807, 2.05) is 25.3 Å². The number of carbonyl (C=O) groups excluding carboxylic acids is 1. The van der Waals surface area contributed by atoms with Gasteiger partial charge in [-0.1, -0.05) is 6.07 Å². The number of ether oxygens (including phenoxy) is 2. The van der Waals surface area contributed by atoms with Gasteiger partial charge in [0.2, 0.25) is 0 Å². The quantitative estimate of drug-likeness (QED) is 0.678. The van der Waals surface area contributed by atoms with Crippen LogP contribution in [-0.4, -0.2) is 42.6 Å². The minimum absolute atomic E-state index is 0.132. The van der Waals surface area contributed by atoms with Crippen molar-refractivity contribution in [1.29, 1.82) is 5.26 Å². The molecule has 1 amide bonds. The third-order valence-corrected chi connectivity index (χ3v) is 4.63. The molecule has 142 valence electrons. The number of likely N-dealkylation sites (N-methyl/N-ethyl adjacent to an activating group) is 1. The molecule has 27 heavy (non-hydrogen) atoms. The van der Waals surface area contributed by atoms with Crippen LogP contribution in [-0.2, 0) is 4.79 Å². The van der Waals surface area contributed by atoms with Gasteiger partial charge in [-0.05, 0) is 44.5 Å². The highest BCUT2D eigenvalue weighted by molar-refractivity contribution is 7.11. The number of aromatic nitrogens is 1. The average molecular weight is 385 g/mol. The van der Waals surface area contributed by atoms with Crippen molar-refractivity contribution in [1.82, 2.24) is 9.88 Å². The van der Waals surface area contributed by atoms with Crippen LogP contribution in [0.2, 0.25) is 0 Å². The Kier molecular flexibility index (Phi) is 6.97. The first kappa shape index (κ1) is 20.5. The molecule has 0 saturated carbocycles. The SMILES string of the molecule is CCOc1cc(/C=C(\C#N)c2nc(C)cs2)ccc1OC(C)C(=O)N(C)C. The van der Waals surface area contributed by atoms with E-state index in [0.29, 0.717) is 28.7 Å².